The van der Waals surface area contributed by atoms with Crippen LogP contribution in [0.1, 0.15) is 0 Å². The van der Waals surface area contributed by atoms with Crippen LogP contribution in [-0.2, 0) is 0 Å². The summed E-state index contributed by atoms with van der Waals surface area (Å²) in [5.74, 6) is 0. The molecule has 1 aromatic carbocycles. The van der Waals surface area contributed by atoms with Crippen LogP contribution in [0.4, 0.5) is 5.69 Å². The van der Waals surface area contributed by atoms with Crippen molar-refractivity contribution < 1.29 is 0 Å². The van der Waals surface area contributed by atoms with E-state index in [0.29, 0.717) is 6.04 Å². The Bertz CT molecular complexity index is 327. The van der Waals surface area contributed by atoms with Crippen LogP contribution in [0.3, 0.4) is 0 Å². The lowest BCUT2D eigenvalue weighted by Crippen LogP contribution is -2.51. The third-order valence-corrected chi connectivity index (χ3v) is 3.85. The average Bonchev–Trinajstić information content (AvgIpc) is 1.98. The Hall–Kier alpha value is 0.420. The van der Waals surface area contributed by atoms with E-state index in [9.17, 15) is 0 Å². The molecular weight excluding hydrogens is 376 g/mol. The zero-order chi connectivity index (χ0) is 10.1. The molecule has 0 saturated carbocycles. The molecular formula is C9H9Br3N2. The van der Waals surface area contributed by atoms with Gasteiger partial charge in [0.05, 0.1) is 11.7 Å². The van der Waals surface area contributed by atoms with Crippen molar-refractivity contribution in [2.45, 2.75) is 6.04 Å². The molecule has 1 fully saturated rings. The van der Waals surface area contributed by atoms with Gasteiger partial charge in [-0.3, -0.25) is 0 Å². The maximum Gasteiger partial charge on any atom is 0.0632 e. The van der Waals surface area contributed by atoms with Crippen molar-refractivity contribution in [1.82, 2.24) is 5.32 Å². The molecule has 2 nitrogen and oxygen atoms in total. The fourth-order valence-electron chi connectivity index (χ4n) is 1.27. The van der Waals surface area contributed by atoms with Crippen LogP contribution in [0.2, 0.25) is 0 Å². The van der Waals surface area contributed by atoms with Crippen LogP contribution in [0.5, 0.6) is 0 Å². The second kappa shape index (κ2) is 4.51. The van der Waals surface area contributed by atoms with E-state index in [-0.39, 0.29) is 0 Å². The maximum absolute atomic E-state index is 3.54. The van der Waals surface area contributed by atoms with Gasteiger partial charge in [-0.1, -0.05) is 15.9 Å². The first-order valence-electron chi connectivity index (χ1n) is 4.28. The molecule has 1 aliphatic heterocycles. The SMILES string of the molecule is Brc1cc(Br)c(NC2CNC2)c(Br)c1. The van der Waals surface area contributed by atoms with Crippen molar-refractivity contribution >= 4 is 53.5 Å². The third kappa shape index (κ3) is 2.32. The minimum Gasteiger partial charge on any atom is -0.378 e. The Kier molecular flexibility index (Phi) is 3.52. The van der Waals surface area contributed by atoms with Crippen LogP contribution in [0.25, 0.3) is 0 Å². The lowest BCUT2D eigenvalue weighted by molar-refractivity contribution is 0.472. The second-order valence-electron chi connectivity index (χ2n) is 3.24. The molecule has 0 amide bonds. The fraction of sp³-hybridized carbons (Fsp3) is 0.333. The quantitative estimate of drug-likeness (QED) is 0.817. The number of rotatable bonds is 2. The van der Waals surface area contributed by atoms with Gasteiger partial charge in [0.15, 0.2) is 0 Å². The van der Waals surface area contributed by atoms with Gasteiger partial charge in [-0.2, -0.15) is 0 Å². The van der Waals surface area contributed by atoms with E-state index in [0.717, 1.165) is 32.2 Å². The molecule has 0 bridgehead atoms. The molecule has 1 heterocycles. The smallest absolute Gasteiger partial charge is 0.0632 e. The third-order valence-electron chi connectivity index (χ3n) is 2.14. The van der Waals surface area contributed by atoms with Gasteiger partial charge >= 0.3 is 0 Å². The van der Waals surface area contributed by atoms with E-state index < -0.39 is 0 Å². The van der Waals surface area contributed by atoms with Crippen molar-refractivity contribution in [1.29, 1.82) is 0 Å². The Morgan fingerprint density at radius 2 is 1.71 bits per heavy atom. The van der Waals surface area contributed by atoms with Crippen LogP contribution in [-0.4, -0.2) is 19.1 Å². The second-order valence-corrected chi connectivity index (χ2v) is 5.87. The Morgan fingerprint density at radius 1 is 1.14 bits per heavy atom. The highest BCUT2D eigenvalue weighted by Crippen LogP contribution is 2.34. The Labute approximate surface area is 108 Å². The molecule has 0 atom stereocenters. The highest BCUT2D eigenvalue weighted by atomic mass is 79.9. The zero-order valence-corrected chi connectivity index (χ0v) is 12.0. The number of benzene rings is 1. The number of anilines is 1. The first-order chi connectivity index (χ1) is 6.66. The van der Waals surface area contributed by atoms with E-state index in [2.05, 4.69) is 58.4 Å². The molecule has 0 unspecified atom stereocenters. The highest BCUT2D eigenvalue weighted by Gasteiger charge is 2.18. The minimum atomic E-state index is 0.545. The summed E-state index contributed by atoms with van der Waals surface area (Å²) >= 11 is 10.5. The number of nitrogens with one attached hydrogen (secondary N) is 2. The summed E-state index contributed by atoms with van der Waals surface area (Å²) in [6, 6.07) is 4.63. The van der Waals surface area contributed by atoms with Crippen LogP contribution >= 0.6 is 47.8 Å². The largest absolute Gasteiger partial charge is 0.378 e. The van der Waals surface area contributed by atoms with Crippen molar-refractivity contribution in [2.24, 2.45) is 0 Å². The predicted molar refractivity (Wildman–Crippen MR) is 69.8 cm³/mol. The van der Waals surface area contributed by atoms with Gasteiger partial charge in [0.2, 0.25) is 0 Å². The van der Waals surface area contributed by atoms with E-state index in [1.165, 1.54) is 0 Å². The van der Waals surface area contributed by atoms with E-state index in [4.69, 9.17) is 0 Å². The molecule has 14 heavy (non-hydrogen) atoms. The number of halogens is 3. The fourth-order valence-corrected chi connectivity index (χ4v) is 3.76. The molecule has 1 aromatic rings. The summed E-state index contributed by atoms with van der Waals surface area (Å²) in [5, 5.41) is 6.69. The lowest BCUT2D eigenvalue weighted by Gasteiger charge is -2.29. The summed E-state index contributed by atoms with van der Waals surface area (Å²) in [4.78, 5) is 0. The summed E-state index contributed by atoms with van der Waals surface area (Å²) in [6.45, 7) is 2.07. The first kappa shape index (κ1) is 10.9. The summed E-state index contributed by atoms with van der Waals surface area (Å²) < 4.78 is 3.21. The molecule has 2 N–H and O–H groups in total. The van der Waals surface area contributed by atoms with Gasteiger partial charge in [0, 0.05) is 26.5 Å². The van der Waals surface area contributed by atoms with Crippen molar-refractivity contribution in [3.63, 3.8) is 0 Å². The van der Waals surface area contributed by atoms with Crippen molar-refractivity contribution in [2.75, 3.05) is 18.4 Å². The standard InChI is InChI=1S/C9H9Br3N2/c10-5-1-7(11)9(8(12)2-5)14-6-3-13-4-6/h1-2,6,13-14H,3-4H2. The molecule has 1 saturated heterocycles. The summed E-state index contributed by atoms with van der Waals surface area (Å²) in [7, 11) is 0. The monoisotopic (exact) mass is 382 g/mol. The average molecular weight is 385 g/mol. The van der Waals surface area contributed by atoms with Gasteiger partial charge in [-0.05, 0) is 44.0 Å². The molecule has 5 heteroatoms. The van der Waals surface area contributed by atoms with Gasteiger partial charge in [0.25, 0.3) is 0 Å². The van der Waals surface area contributed by atoms with E-state index >= 15 is 0 Å². The highest BCUT2D eigenvalue weighted by molar-refractivity contribution is 9.11. The molecule has 1 aliphatic rings. The molecule has 0 aliphatic carbocycles. The van der Waals surface area contributed by atoms with E-state index in [1.807, 2.05) is 12.1 Å². The van der Waals surface area contributed by atoms with Crippen LogP contribution in [0.15, 0.2) is 25.6 Å². The van der Waals surface area contributed by atoms with Crippen LogP contribution < -0.4 is 10.6 Å². The number of hydrogen-bond acceptors (Lipinski definition) is 2. The predicted octanol–water partition coefficient (Wildman–Crippen LogP) is 3.36. The normalized spacial score (nSPS) is 16.5. The maximum atomic E-state index is 3.54. The number of hydrogen-bond donors (Lipinski definition) is 2. The Balaban J connectivity index is 2.22. The molecule has 76 valence electrons. The van der Waals surface area contributed by atoms with E-state index in [1.54, 1.807) is 0 Å². The topological polar surface area (TPSA) is 24.1 Å². The van der Waals surface area contributed by atoms with Gasteiger partial charge < -0.3 is 10.6 Å². The van der Waals surface area contributed by atoms with Crippen molar-refractivity contribution in [3.05, 3.63) is 25.6 Å². The molecule has 0 aromatic heterocycles. The van der Waals surface area contributed by atoms with Gasteiger partial charge in [-0.25, -0.2) is 0 Å². The van der Waals surface area contributed by atoms with Gasteiger partial charge in [0.1, 0.15) is 0 Å². The zero-order valence-electron chi connectivity index (χ0n) is 7.28. The minimum absolute atomic E-state index is 0.545. The molecule has 0 radical (unpaired) electrons. The van der Waals surface area contributed by atoms with Gasteiger partial charge in [-0.15, -0.1) is 0 Å². The first-order valence-corrected chi connectivity index (χ1v) is 6.66. The van der Waals surface area contributed by atoms with Crippen molar-refractivity contribution in [3.8, 4) is 0 Å². The Morgan fingerprint density at radius 3 is 2.14 bits per heavy atom. The van der Waals surface area contributed by atoms with Crippen LogP contribution in [0, 0.1) is 0 Å². The molecule has 2 rings (SSSR count). The lowest BCUT2D eigenvalue weighted by atomic mass is 10.1. The summed E-state index contributed by atoms with van der Waals surface area (Å²) in [6.07, 6.45) is 0. The summed E-state index contributed by atoms with van der Waals surface area (Å²) in [5.41, 5.74) is 1.12. The molecule has 0 spiro atoms.